The first-order valence-electron chi connectivity index (χ1n) is 5.29. The molecule has 0 spiro atoms. The number of carboxylic acids is 1. The Hall–Kier alpha value is -1.85. The van der Waals surface area contributed by atoms with Crippen molar-refractivity contribution in [1.29, 1.82) is 0 Å². The van der Waals surface area contributed by atoms with Crippen LogP contribution in [0.2, 0.25) is 0 Å². The summed E-state index contributed by atoms with van der Waals surface area (Å²) in [7, 11) is 0. The number of carboxylic acid groups (broad SMARTS) is 1. The fourth-order valence-electron chi connectivity index (χ4n) is 1.33. The summed E-state index contributed by atoms with van der Waals surface area (Å²) in [5, 5.41) is 11.7. The van der Waals surface area contributed by atoms with Crippen molar-refractivity contribution in [1.82, 2.24) is 9.97 Å². The summed E-state index contributed by atoms with van der Waals surface area (Å²) < 4.78 is 0. The highest BCUT2D eigenvalue weighted by molar-refractivity contribution is 5.70. The molecule has 0 amide bonds. The van der Waals surface area contributed by atoms with Crippen LogP contribution in [-0.4, -0.2) is 26.6 Å². The summed E-state index contributed by atoms with van der Waals surface area (Å²) in [4.78, 5) is 28.9. The van der Waals surface area contributed by atoms with E-state index in [1.807, 2.05) is 20.8 Å². The molecular weight excluding hydrogens is 222 g/mol. The molecule has 0 aliphatic heterocycles. The third kappa shape index (κ3) is 3.90. The van der Waals surface area contributed by atoms with Gasteiger partial charge in [0.05, 0.1) is 12.1 Å². The van der Waals surface area contributed by atoms with Crippen molar-refractivity contribution < 1.29 is 9.90 Å². The highest BCUT2D eigenvalue weighted by Gasteiger charge is 2.15. The van der Waals surface area contributed by atoms with Gasteiger partial charge in [0.1, 0.15) is 0 Å². The predicted octanol–water partition coefficient (Wildman–Crippen LogP) is 0.916. The average Bonchev–Trinajstić information content (AvgIpc) is 2.10. The highest BCUT2D eigenvalue weighted by atomic mass is 16.4. The Balaban J connectivity index is 3.15. The van der Waals surface area contributed by atoms with Gasteiger partial charge in [0.25, 0.3) is 5.56 Å². The molecule has 94 valence electrons. The van der Waals surface area contributed by atoms with Gasteiger partial charge in [-0.15, -0.1) is 0 Å². The lowest BCUT2D eigenvalue weighted by molar-refractivity contribution is -0.136. The maximum absolute atomic E-state index is 11.6. The summed E-state index contributed by atoms with van der Waals surface area (Å²) in [5.74, 6) is -0.825. The molecule has 6 heteroatoms. The predicted molar refractivity (Wildman–Crippen MR) is 64.3 cm³/mol. The van der Waals surface area contributed by atoms with Crippen LogP contribution in [0, 0.1) is 6.92 Å². The lowest BCUT2D eigenvalue weighted by Gasteiger charge is -2.21. The Kier molecular flexibility index (Phi) is 3.55. The minimum atomic E-state index is -0.977. The number of anilines is 1. The molecule has 1 aromatic rings. The van der Waals surface area contributed by atoms with Gasteiger partial charge < -0.3 is 15.4 Å². The summed E-state index contributed by atoms with van der Waals surface area (Å²) in [6.45, 7) is 7.31. The molecule has 0 radical (unpaired) electrons. The van der Waals surface area contributed by atoms with Crippen LogP contribution in [0.3, 0.4) is 0 Å². The van der Waals surface area contributed by atoms with E-state index in [-0.39, 0.29) is 23.3 Å². The van der Waals surface area contributed by atoms with Crippen LogP contribution in [0.25, 0.3) is 0 Å². The second-order valence-corrected chi connectivity index (χ2v) is 4.93. The lowest BCUT2D eigenvalue weighted by Crippen LogP contribution is -2.32. The first-order chi connectivity index (χ1) is 7.69. The molecule has 6 nitrogen and oxygen atoms in total. The van der Waals surface area contributed by atoms with Crippen molar-refractivity contribution in [2.45, 2.75) is 39.7 Å². The molecule has 1 heterocycles. The molecule has 0 saturated heterocycles. The Labute approximate surface area is 99.1 Å². The van der Waals surface area contributed by atoms with E-state index in [2.05, 4.69) is 15.3 Å². The molecule has 1 aromatic heterocycles. The second-order valence-electron chi connectivity index (χ2n) is 4.93. The highest BCUT2D eigenvalue weighted by Crippen LogP contribution is 2.10. The van der Waals surface area contributed by atoms with Crippen molar-refractivity contribution in [3.05, 3.63) is 21.7 Å². The number of carbonyl (C=O) groups is 1. The normalized spacial score (nSPS) is 11.3. The summed E-state index contributed by atoms with van der Waals surface area (Å²) >= 11 is 0. The number of aryl methyl sites for hydroxylation is 1. The molecular formula is C11H17N3O3. The van der Waals surface area contributed by atoms with Gasteiger partial charge in [-0.05, 0) is 27.7 Å². The Morgan fingerprint density at radius 3 is 2.53 bits per heavy atom. The standard InChI is InChI=1S/C11H17N3O3/c1-6-7(5-8(15)16)13-9(10(17)12-6)14-11(2,3)4/h5H2,1-4H3,(H,12,17)(H,13,14)(H,15,16). The maximum Gasteiger partial charge on any atom is 0.309 e. The van der Waals surface area contributed by atoms with Crippen molar-refractivity contribution in [3.8, 4) is 0 Å². The number of hydrogen-bond acceptors (Lipinski definition) is 4. The first-order valence-corrected chi connectivity index (χ1v) is 5.29. The number of nitrogens with zero attached hydrogens (tertiary/aromatic N) is 1. The van der Waals surface area contributed by atoms with E-state index in [0.717, 1.165) is 0 Å². The second kappa shape index (κ2) is 4.57. The molecule has 0 unspecified atom stereocenters. The molecule has 1 rings (SSSR count). The largest absolute Gasteiger partial charge is 0.481 e. The van der Waals surface area contributed by atoms with Crippen molar-refractivity contribution in [2.75, 3.05) is 5.32 Å². The molecule has 17 heavy (non-hydrogen) atoms. The van der Waals surface area contributed by atoms with Crippen LogP contribution >= 0.6 is 0 Å². The maximum atomic E-state index is 11.6. The first kappa shape index (κ1) is 13.2. The minimum absolute atomic E-state index is 0.152. The van der Waals surface area contributed by atoms with E-state index >= 15 is 0 Å². The monoisotopic (exact) mass is 239 g/mol. The van der Waals surface area contributed by atoms with E-state index in [0.29, 0.717) is 11.4 Å². The van der Waals surface area contributed by atoms with Crippen LogP contribution in [0.4, 0.5) is 5.82 Å². The number of hydrogen-bond donors (Lipinski definition) is 3. The van der Waals surface area contributed by atoms with Crippen LogP contribution in [0.15, 0.2) is 4.79 Å². The molecule has 0 fully saturated rings. The molecule has 3 N–H and O–H groups in total. The molecule has 0 atom stereocenters. The summed E-state index contributed by atoms with van der Waals surface area (Å²) in [6, 6.07) is 0. The van der Waals surface area contributed by atoms with Crippen LogP contribution in [-0.2, 0) is 11.2 Å². The topological polar surface area (TPSA) is 95.1 Å². The van der Waals surface area contributed by atoms with Crippen molar-refractivity contribution in [3.63, 3.8) is 0 Å². The number of nitrogens with one attached hydrogen (secondary N) is 2. The molecule has 0 aliphatic rings. The van der Waals surface area contributed by atoms with Gasteiger partial charge in [0, 0.05) is 11.2 Å². The van der Waals surface area contributed by atoms with E-state index in [1.54, 1.807) is 6.92 Å². The quantitative estimate of drug-likeness (QED) is 0.729. The van der Waals surface area contributed by atoms with Crippen LogP contribution in [0.5, 0.6) is 0 Å². The average molecular weight is 239 g/mol. The zero-order valence-corrected chi connectivity index (χ0v) is 10.4. The molecule has 0 aliphatic carbocycles. The zero-order valence-electron chi connectivity index (χ0n) is 10.4. The van der Waals surface area contributed by atoms with Crippen LogP contribution < -0.4 is 10.9 Å². The SMILES string of the molecule is Cc1[nH]c(=O)c(NC(C)(C)C)nc1CC(=O)O. The molecule has 0 bridgehead atoms. The van der Waals surface area contributed by atoms with Gasteiger partial charge in [-0.2, -0.15) is 0 Å². The van der Waals surface area contributed by atoms with Gasteiger partial charge in [-0.1, -0.05) is 0 Å². The minimum Gasteiger partial charge on any atom is -0.481 e. The molecule has 0 aromatic carbocycles. The number of rotatable bonds is 3. The number of aliphatic carboxylic acids is 1. The molecule has 0 saturated carbocycles. The van der Waals surface area contributed by atoms with E-state index in [1.165, 1.54) is 0 Å². The van der Waals surface area contributed by atoms with E-state index in [4.69, 9.17) is 5.11 Å². The fraction of sp³-hybridized carbons (Fsp3) is 0.545. The van der Waals surface area contributed by atoms with Crippen molar-refractivity contribution >= 4 is 11.8 Å². The zero-order chi connectivity index (χ0) is 13.2. The Morgan fingerprint density at radius 2 is 2.06 bits per heavy atom. The Bertz CT molecular complexity index is 486. The summed E-state index contributed by atoms with van der Waals surface area (Å²) in [6.07, 6.45) is -0.207. The fourth-order valence-corrected chi connectivity index (χ4v) is 1.33. The van der Waals surface area contributed by atoms with Gasteiger partial charge in [0.15, 0.2) is 5.82 Å². The summed E-state index contributed by atoms with van der Waals surface area (Å²) in [5.41, 5.74) is 0.197. The lowest BCUT2D eigenvalue weighted by atomic mass is 10.1. The van der Waals surface area contributed by atoms with Gasteiger partial charge >= 0.3 is 5.97 Å². The smallest absolute Gasteiger partial charge is 0.309 e. The Morgan fingerprint density at radius 1 is 1.47 bits per heavy atom. The third-order valence-electron chi connectivity index (χ3n) is 2.01. The van der Waals surface area contributed by atoms with Gasteiger partial charge in [0.2, 0.25) is 0 Å². The number of H-pyrrole nitrogens is 1. The van der Waals surface area contributed by atoms with E-state index in [9.17, 15) is 9.59 Å². The van der Waals surface area contributed by atoms with E-state index < -0.39 is 5.97 Å². The van der Waals surface area contributed by atoms with Gasteiger partial charge in [-0.25, -0.2) is 4.98 Å². The third-order valence-corrected chi connectivity index (χ3v) is 2.01. The number of aromatic nitrogens is 2. The van der Waals surface area contributed by atoms with Crippen LogP contribution in [0.1, 0.15) is 32.2 Å². The van der Waals surface area contributed by atoms with Crippen molar-refractivity contribution in [2.24, 2.45) is 0 Å². The van der Waals surface area contributed by atoms with Gasteiger partial charge in [-0.3, -0.25) is 9.59 Å². The number of aromatic amines is 1.